The summed E-state index contributed by atoms with van der Waals surface area (Å²) in [5, 5.41) is 23.0. The summed E-state index contributed by atoms with van der Waals surface area (Å²) in [5.74, 6) is -0.793. The largest absolute Gasteiger partial charge is 0.384 e. The number of nitrogens with one attached hydrogen (secondary N) is 1. The van der Waals surface area contributed by atoms with Gasteiger partial charge >= 0.3 is 0 Å². The number of carbonyl (C=O) groups is 1. The van der Waals surface area contributed by atoms with Crippen molar-refractivity contribution < 1.29 is 28.9 Å². The number of amides is 1. The molecule has 1 fully saturated rings. The number of carbonyl (C=O) groups excluding carboxylic acids is 1. The average Bonchev–Trinajstić information content (AvgIpc) is 3.15. The lowest BCUT2D eigenvalue weighted by atomic mass is 10.1. The van der Waals surface area contributed by atoms with Crippen LogP contribution >= 0.6 is 12.6 Å². The molecule has 1 amide bonds. The Balaban J connectivity index is 1.69. The monoisotopic (exact) mass is 484 g/mol. The third kappa shape index (κ3) is 6.37. The van der Waals surface area contributed by atoms with Crippen LogP contribution in [0.1, 0.15) is 20.3 Å². The Morgan fingerprint density at radius 3 is 2.85 bits per heavy atom. The van der Waals surface area contributed by atoms with Crippen LogP contribution in [0.2, 0.25) is 0 Å². The summed E-state index contributed by atoms with van der Waals surface area (Å²) in [4.78, 5) is 17.3. The quantitative estimate of drug-likeness (QED) is 0.337. The second-order valence-electron chi connectivity index (χ2n) is 8.24. The zero-order chi connectivity index (χ0) is 24.1. The zero-order valence-corrected chi connectivity index (χ0v) is 20.0. The summed E-state index contributed by atoms with van der Waals surface area (Å²) < 4.78 is 25.7. The highest BCUT2D eigenvalue weighted by Gasteiger charge is 2.32. The van der Waals surface area contributed by atoms with E-state index in [4.69, 9.17) is 9.47 Å². The highest BCUT2D eigenvalue weighted by molar-refractivity contribution is 7.80. The molecule has 0 saturated carbocycles. The van der Waals surface area contributed by atoms with Gasteiger partial charge in [0.15, 0.2) is 5.56 Å². The summed E-state index contributed by atoms with van der Waals surface area (Å²) >= 11 is 4.18. The van der Waals surface area contributed by atoms with Gasteiger partial charge in [-0.25, -0.2) is 4.39 Å². The molecule has 0 aromatic heterocycles. The first-order valence-corrected chi connectivity index (χ1v) is 11.5. The normalized spacial score (nSPS) is 25.7. The Morgan fingerprint density at radius 2 is 2.18 bits per heavy atom. The first-order valence-electron chi connectivity index (χ1n) is 11.0. The van der Waals surface area contributed by atoms with Crippen LogP contribution < -0.4 is 15.1 Å². The summed E-state index contributed by atoms with van der Waals surface area (Å²) in [6.07, 6.45) is 1.72. The molecule has 0 bridgehead atoms. The lowest BCUT2D eigenvalue weighted by Gasteiger charge is -2.34. The van der Waals surface area contributed by atoms with Gasteiger partial charge in [0.1, 0.15) is 11.9 Å². The van der Waals surface area contributed by atoms with Gasteiger partial charge < -0.3 is 34.4 Å². The number of aliphatic hydroxyl groups excluding tert-OH is 2. The third-order valence-electron chi connectivity index (χ3n) is 5.81. The molecule has 11 heteroatoms. The number of benzene rings is 1. The number of halogens is 1. The maximum absolute atomic E-state index is 15.1. The number of ether oxygens (including phenoxy) is 2. The fourth-order valence-electron chi connectivity index (χ4n) is 3.96. The lowest BCUT2D eigenvalue weighted by Crippen LogP contribution is -2.47. The van der Waals surface area contributed by atoms with Crippen molar-refractivity contribution in [2.75, 3.05) is 43.1 Å². The Morgan fingerprint density at radius 1 is 1.42 bits per heavy atom. The molecular formula is C22H33FN4O5S. The van der Waals surface area contributed by atoms with Crippen molar-refractivity contribution in [2.45, 2.75) is 50.5 Å². The van der Waals surface area contributed by atoms with E-state index < -0.39 is 23.9 Å². The van der Waals surface area contributed by atoms with Crippen molar-refractivity contribution in [2.24, 2.45) is 0 Å². The molecule has 3 N–H and O–H groups in total. The van der Waals surface area contributed by atoms with Gasteiger partial charge in [-0.05, 0) is 38.5 Å². The molecule has 9 nitrogen and oxygen atoms in total. The van der Waals surface area contributed by atoms with Crippen LogP contribution in [0.25, 0.3) is 0 Å². The topological polar surface area (TPSA) is 97.7 Å². The number of hydrogen-bond donors (Lipinski definition) is 4. The van der Waals surface area contributed by atoms with Crippen LogP contribution in [0.5, 0.6) is 0 Å². The highest BCUT2D eigenvalue weighted by atomic mass is 32.1. The smallest absolute Gasteiger partial charge is 0.251 e. The molecule has 2 aliphatic rings. The summed E-state index contributed by atoms with van der Waals surface area (Å²) in [5.41, 5.74) is 0.410. The minimum atomic E-state index is -1.19. The number of aliphatic hydroxyl groups is 2. The van der Waals surface area contributed by atoms with Crippen molar-refractivity contribution in [1.29, 1.82) is 0 Å². The van der Waals surface area contributed by atoms with Gasteiger partial charge in [-0.1, -0.05) is 6.08 Å². The number of nitrogens with zero attached hydrogens (tertiary/aromatic N) is 3. The molecular weight excluding hydrogens is 451 g/mol. The van der Waals surface area contributed by atoms with Gasteiger partial charge in [0.25, 0.3) is 5.91 Å². The van der Waals surface area contributed by atoms with Crippen LogP contribution in [0.4, 0.5) is 15.8 Å². The second kappa shape index (κ2) is 11.5. The van der Waals surface area contributed by atoms with E-state index in [-0.39, 0.29) is 18.1 Å². The van der Waals surface area contributed by atoms with Gasteiger partial charge in [-0.3, -0.25) is 10.1 Å². The molecule has 5 unspecified atom stereocenters. The number of rotatable bonds is 7. The molecule has 1 aromatic carbocycles. The minimum absolute atomic E-state index is 0.0569. The van der Waals surface area contributed by atoms with Crippen LogP contribution in [0, 0.1) is 5.82 Å². The van der Waals surface area contributed by atoms with Crippen molar-refractivity contribution in [3.05, 3.63) is 36.3 Å². The predicted molar refractivity (Wildman–Crippen MR) is 126 cm³/mol. The molecule has 1 aromatic rings. The maximum atomic E-state index is 15.1. The van der Waals surface area contributed by atoms with E-state index in [1.165, 1.54) is 20.1 Å². The Hall–Kier alpha value is -1.89. The SMILES string of the molecule is COC(S)NCC1CN(c2ccc(N3C=CCC(C)N(C(=O)C(C)O)CC3)c(F)c2)C(O)O1. The van der Waals surface area contributed by atoms with Crippen molar-refractivity contribution >= 4 is 29.9 Å². The molecule has 0 spiro atoms. The summed E-state index contributed by atoms with van der Waals surface area (Å²) in [6, 6.07) is 4.68. The van der Waals surface area contributed by atoms with E-state index in [1.807, 2.05) is 19.2 Å². The molecule has 184 valence electrons. The van der Waals surface area contributed by atoms with E-state index in [9.17, 15) is 15.0 Å². The Kier molecular flexibility index (Phi) is 8.96. The van der Waals surface area contributed by atoms with E-state index in [2.05, 4.69) is 17.9 Å². The number of thiol groups is 1. The number of hydrogen-bond acceptors (Lipinski definition) is 9. The molecule has 3 rings (SSSR count). The summed E-state index contributed by atoms with van der Waals surface area (Å²) in [7, 11) is 1.52. The molecule has 5 atom stereocenters. The fraction of sp³-hybridized carbons (Fsp3) is 0.591. The lowest BCUT2D eigenvalue weighted by molar-refractivity contribution is -0.141. The predicted octanol–water partition coefficient (Wildman–Crippen LogP) is 1.08. The van der Waals surface area contributed by atoms with Gasteiger partial charge in [0, 0.05) is 44.7 Å². The second-order valence-corrected chi connectivity index (χ2v) is 8.71. The van der Waals surface area contributed by atoms with Gasteiger partial charge in [-0.2, -0.15) is 0 Å². The standard InChI is InChI=1S/C22H33FN4O5S/c1-14-5-4-8-25(9-10-26(14)20(29)15(2)28)19-7-6-16(11-18(19)23)27-13-17(32-22(27)30)12-24-21(33)31-3/h4,6-8,11,14-15,17,21-22,24,28,30,33H,5,9-10,12-13H2,1-3H3. The summed E-state index contributed by atoms with van der Waals surface area (Å²) in [6.45, 7) is 4.89. The van der Waals surface area contributed by atoms with Crippen LogP contribution in [-0.2, 0) is 14.3 Å². The van der Waals surface area contributed by atoms with E-state index in [1.54, 1.807) is 26.8 Å². The van der Waals surface area contributed by atoms with Gasteiger partial charge in [0.2, 0.25) is 6.41 Å². The third-order valence-corrected chi connectivity index (χ3v) is 6.21. The molecule has 2 heterocycles. The first kappa shape index (κ1) is 25.7. The molecule has 0 radical (unpaired) electrons. The maximum Gasteiger partial charge on any atom is 0.251 e. The van der Waals surface area contributed by atoms with Crippen LogP contribution in [0.15, 0.2) is 30.5 Å². The first-order chi connectivity index (χ1) is 15.7. The fourth-order valence-corrected chi connectivity index (χ4v) is 4.06. The van der Waals surface area contributed by atoms with Gasteiger partial charge in [0.05, 0.1) is 18.3 Å². The van der Waals surface area contributed by atoms with E-state index >= 15 is 4.39 Å². The highest BCUT2D eigenvalue weighted by Crippen LogP contribution is 2.29. The van der Waals surface area contributed by atoms with Crippen molar-refractivity contribution in [3.63, 3.8) is 0 Å². The Bertz CT molecular complexity index is 845. The number of anilines is 2. The van der Waals surface area contributed by atoms with E-state index in [0.717, 1.165) is 0 Å². The number of methoxy groups -OCH3 is 1. The Labute approximate surface area is 199 Å². The molecule has 33 heavy (non-hydrogen) atoms. The average molecular weight is 485 g/mol. The van der Waals surface area contributed by atoms with Crippen molar-refractivity contribution in [1.82, 2.24) is 10.2 Å². The van der Waals surface area contributed by atoms with Crippen LogP contribution in [0.3, 0.4) is 0 Å². The zero-order valence-electron chi connectivity index (χ0n) is 19.1. The molecule has 1 saturated heterocycles. The van der Waals surface area contributed by atoms with Crippen LogP contribution in [-0.4, -0.2) is 84.5 Å². The molecule has 0 aliphatic carbocycles. The molecule has 2 aliphatic heterocycles. The van der Waals surface area contributed by atoms with Crippen molar-refractivity contribution in [3.8, 4) is 0 Å². The van der Waals surface area contributed by atoms with Gasteiger partial charge in [-0.15, -0.1) is 12.6 Å². The van der Waals surface area contributed by atoms with E-state index in [0.29, 0.717) is 44.0 Å². The minimum Gasteiger partial charge on any atom is -0.384 e.